The number of β-amino-alcohol motifs (C(OH)–C–C–N with tert-alkyl or cyclic N) is 1. The summed E-state index contributed by atoms with van der Waals surface area (Å²) in [6.45, 7) is 3.37. The highest BCUT2D eigenvalue weighted by molar-refractivity contribution is 5.92. The summed E-state index contributed by atoms with van der Waals surface area (Å²) in [5.74, 6) is 0.561. The van der Waals surface area contributed by atoms with E-state index in [0.29, 0.717) is 31.9 Å². The Morgan fingerprint density at radius 3 is 2.52 bits per heavy atom. The molecular weight excluding hydrogens is 320 g/mol. The van der Waals surface area contributed by atoms with Gasteiger partial charge >= 0.3 is 0 Å². The third-order valence-electron chi connectivity index (χ3n) is 5.23. The maximum atomic E-state index is 12.8. The van der Waals surface area contributed by atoms with Crippen LogP contribution in [0.15, 0.2) is 41.9 Å². The van der Waals surface area contributed by atoms with E-state index in [9.17, 15) is 9.90 Å². The number of amides is 1. The zero-order valence-electron chi connectivity index (χ0n) is 15.1. The van der Waals surface area contributed by atoms with E-state index in [2.05, 4.69) is 4.90 Å². The molecule has 0 aliphatic carbocycles. The fraction of sp³-hybridized carbons (Fsp3) is 0.526. The Hall–Kier alpha value is -2.05. The Labute approximate surface area is 148 Å². The van der Waals surface area contributed by atoms with E-state index in [0.717, 1.165) is 5.56 Å². The van der Waals surface area contributed by atoms with Crippen molar-refractivity contribution in [3.63, 3.8) is 0 Å². The summed E-state index contributed by atoms with van der Waals surface area (Å²) >= 11 is 0. The molecule has 6 nitrogen and oxygen atoms in total. The van der Waals surface area contributed by atoms with Crippen molar-refractivity contribution in [2.75, 3.05) is 40.4 Å². The third kappa shape index (κ3) is 3.12. The maximum absolute atomic E-state index is 12.8. The smallest absolute Gasteiger partial charge is 0.292 e. The first kappa shape index (κ1) is 17.8. The zero-order valence-corrected chi connectivity index (χ0v) is 15.1. The van der Waals surface area contributed by atoms with Crippen molar-refractivity contribution in [3.05, 3.63) is 47.4 Å². The number of allylic oxidation sites excluding steroid dienone is 1. The number of aliphatic hydroxyl groups is 1. The molecule has 136 valence electrons. The number of nitrogens with zero attached hydrogens (tertiary/aromatic N) is 2. The van der Waals surface area contributed by atoms with Crippen LogP contribution in [0.4, 0.5) is 0 Å². The number of carbonyl (C=O) groups excluding carboxylic acids is 1. The van der Waals surface area contributed by atoms with Crippen LogP contribution in [0.2, 0.25) is 0 Å². The average molecular weight is 346 g/mol. The lowest BCUT2D eigenvalue weighted by molar-refractivity contribution is -0.142. The Balaban J connectivity index is 1.83. The van der Waals surface area contributed by atoms with Crippen LogP contribution in [0.25, 0.3) is 0 Å². The molecule has 1 saturated heterocycles. The number of likely N-dealkylation sites (N-methyl/N-ethyl adjacent to an activating group) is 1. The molecule has 2 aliphatic rings. The predicted molar refractivity (Wildman–Crippen MR) is 93.6 cm³/mol. The van der Waals surface area contributed by atoms with Crippen LogP contribution in [-0.2, 0) is 19.8 Å². The van der Waals surface area contributed by atoms with Crippen molar-refractivity contribution in [2.45, 2.75) is 25.0 Å². The monoisotopic (exact) mass is 346 g/mol. The van der Waals surface area contributed by atoms with Gasteiger partial charge in [-0.2, -0.15) is 0 Å². The van der Waals surface area contributed by atoms with Gasteiger partial charge in [-0.05, 0) is 33.0 Å². The van der Waals surface area contributed by atoms with Crippen molar-refractivity contribution in [1.29, 1.82) is 0 Å². The molecule has 1 N–H and O–H groups in total. The second kappa shape index (κ2) is 7.06. The summed E-state index contributed by atoms with van der Waals surface area (Å²) in [5, 5.41) is 11.0. The van der Waals surface area contributed by atoms with E-state index in [1.165, 1.54) is 0 Å². The summed E-state index contributed by atoms with van der Waals surface area (Å²) in [4.78, 5) is 16.5. The maximum Gasteiger partial charge on any atom is 0.292 e. The number of hydrogen-bond donors (Lipinski definition) is 1. The highest BCUT2D eigenvalue weighted by Crippen LogP contribution is 2.38. The van der Waals surface area contributed by atoms with Crippen LogP contribution in [0, 0.1) is 0 Å². The van der Waals surface area contributed by atoms with Crippen molar-refractivity contribution < 1.29 is 19.4 Å². The lowest BCUT2D eigenvalue weighted by Crippen LogP contribution is -2.61. The quantitative estimate of drug-likeness (QED) is 0.894. The molecule has 2 heterocycles. The molecule has 25 heavy (non-hydrogen) atoms. The molecule has 0 bridgehead atoms. The third-order valence-corrected chi connectivity index (χ3v) is 5.23. The molecule has 1 amide bonds. The second-order valence-corrected chi connectivity index (χ2v) is 6.78. The van der Waals surface area contributed by atoms with E-state index in [-0.39, 0.29) is 18.2 Å². The minimum absolute atomic E-state index is 0.211. The first-order valence-corrected chi connectivity index (χ1v) is 8.63. The number of ether oxygens (including phenoxy) is 2. The van der Waals surface area contributed by atoms with E-state index < -0.39 is 11.6 Å². The number of benzene rings is 1. The summed E-state index contributed by atoms with van der Waals surface area (Å²) < 4.78 is 10.9. The molecule has 1 fully saturated rings. The fourth-order valence-electron chi connectivity index (χ4n) is 3.81. The average Bonchev–Trinajstić information content (AvgIpc) is 2.62. The number of likely N-dealkylation sites (tertiary alicyclic amines) is 1. The first-order chi connectivity index (χ1) is 12.0. The minimum atomic E-state index is -0.701. The van der Waals surface area contributed by atoms with Crippen LogP contribution >= 0.6 is 0 Å². The Kier molecular flexibility index (Phi) is 5.01. The van der Waals surface area contributed by atoms with E-state index in [1.807, 2.05) is 44.4 Å². The molecule has 0 aromatic heterocycles. The molecule has 0 radical (unpaired) electrons. The fourth-order valence-corrected chi connectivity index (χ4v) is 3.81. The van der Waals surface area contributed by atoms with Gasteiger partial charge in [-0.1, -0.05) is 30.3 Å². The molecule has 1 aromatic rings. The van der Waals surface area contributed by atoms with E-state index in [4.69, 9.17) is 9.47 Å². The normalized spacial score (nSPS) is 27.1. The molecule has 3 rings (SSSR count). The van der Waals surface area contributed by atoms with Crippen molar-refractivity contribution >= 4 is 5.91 Å². The van der Waals surface area contributed by atoms with Gasteiger partial charge in [-0.15, -0.1) is 0 Å². The Bertz CT molecular complexity index is 659. The van der Waals surface area contributed by atoms with Crippen LogP contribution in [0.1, 0.15) is 18.9 Å². The van der Waals surface area contributed by atoms with Gasteiger partial charge in [0.15, 0.2) is 0 Å². The Morgan fingerprint density at radius 1 is 1.24 bits per heavy atom. The Morgan fingerprint density at radius 2 is 1.92 bits per heavy atom. The van der Waals surface area contributed by atoms with E-state index in [1.54, 1.807) is 11.8 Å². The summed E-state index contributed by atoms with van der Waals surface area (Å²) in [6, 6.07) is 9.99. The molecule has 2 aliphatic heterocycles. The zero-order chi connectivity index (χ0) is 18.0. The SMILES string of the molecule is CC1=C(C(=O)N2CC[C@@](c3ccccc3)(N(C)C)[C@H](O)C2)OCCO1. The summed E-state index contributed by atoms with van der Waals surface area (Å²) in [5.41, 5.74) is 0.554. The topological polar surface area (TPSA) is 62.2 Å². The van der Waals surface area contributed by atoms with Gasteiger partial charge in [0, 0.05) is 13.1 Å². The van der Waals surface area contributed by atoms with Crippen LogP contribution in [0.5, 0.6) is 0 Å². The van der Waals surface area contributed by atoms with E-state index >= 15 is 0 Å². The lowest BCUT2D eigenvalue weighted by Gasteiger charge is -2.49. The summed E-state index contributed by atoms with van der Waals surface area (Å²) in [7, 11) is 3.94. The highest BCUT2D eigenvalue weighted by Gasteiger charge is 2.47. The number of piperidine rings is 1. The van der Waals surface area contributed by atoms with Crippen LogP contribution in [-0.4, -0.2) is 67.3 Å². The summed E-state index contributed by atoms with van der Waals surface area (Å²) in [6.07, 6.45) is -0.0580. The van der Waals surface area contributed by atoms with Gasteiger partial charge in [0.25, 0.3) is 5.91 Å². The van der Waals surface area contributed by atoms with Crippen molar-refractivity contribution in [2.24, 2.45) is 0 Å². The van der Waals surface area contributed by atoms with Gasteiger partial charge in [-0.25, -0.2) is 0 Å². The van der Waals surface area contributed by atoms with Gasteiger partial charge in [-0.3, -0.25) is 9.69 Å². The molecule has 2 atom stereocenters. The van der Waals surface area contributed by atoms with Crippen LogP contribution < -0.4 is 0 Å². The number of carbonyl (C=O) groups is 1. The van der Waals surface area contributed by atoms with Crippen LogP contribution in [0.3, 0.4) is 0 Å². The van der Waals surface area contributed by atoms with Gasteiger partial charge in [0.05, 0.1) is 11.6 Å². The molecule has 1 aromatic carbocycles. The van der Waals surface area contributed by atoms with Gasteiger partial charge in [0.2, 0.25) is 5.76 Å². The number of aliphatic hydroxyl groups excluding tert-OH is 1. The first-order valence-electron chi connectivity index (χ1n) is 8.63. The molecule has 0 spiro atoms. The van der Waals surface area contributed by atoms with Gasteiger partial charge < -0.3 is 19.5 Å². The number of hydrogen-bond acceptors (Lipinski definition) is 5. The van der Waals surface area contributed by atoms with Crippen molar-refractivity contribution in [3.8, 4) is 0 Å². The largest absolute Gasteiger partial charge is 0.491 e. The molecule has 0 saturated carbocycles. The predicted octanol–water partition coefficient (Wildman–Crippen LogP) is 1.31. The molecular formula is C19H26N2O4. The minimum Gasteiger partial charge on any atom is -0.491 e. The molecule has 6 heteroatoms. The number of rotatable bonds is 3. The second-order valence-electron chi connectivity index (χ2n) is 6.78. The van der Waals surface area contributed by atoms with Gasteiger partial charge in [0.1, 0.15) is 19.0 Å². The molecule has 0 unspecified atom stereocenters. The standard InChI is InChI=1S/C19H26N2O4/c1-14-17(25-12-11-24-14)18(23)21-10-9-19(20(2)3,16(22)13-21)15-7-5-4-6-8-15/h4-8,16,22H,9-13H2,1-3H3/t16-,19+/m1/s1. The lowest BCUT2D eigenvalue weighted by atomic mass is 9.77. The van der Waals surface area contributed by atoms with Crippen molar-refractivity contribution in [1.82, 2.24) is 9.80 Å². The highest BCUT2D eigenvalue weighted by atomic mass is 16.6.